The first-order valence-electron chi connectivity index (χ1n) is 5.45. The highest BCUT2D eigenvalue weighted by molar-refractivity contribution is 5.77. The van der Waals surface area contributed by atoms with Crippen LogP contribution in [0.5, 0.6) is 5.75 Å². The molecule has 1 fully saturated rings. The lowest BCUT2D eigenvalue weighted by molar-refractivity contribution is -0.121. The van der Waals surface area contributed by atoms with E-state index in [-0.39, 0.29) is 17.6 Å². The van der Waals surface area contributed by atoms with Crippen LogP contribution < -0.4 is 5.73 Å². The van der Waals surface area contributed by atoms with Crippen LogP contribution in [0.25, 0.3) is 0 Å². The van der Waals surface area contributed by atoms with Gasteiger partial charge in [0, 0.05) is 13.1 Å². The first-order chi connectivity index (χ1) is 7.65. The number of nitrogens with two attached hydrogens (primary N) is 1. The van der Waals surface area contributed by atoms with E-state index in [0.717, 1.165) is 31.6 Å². The molecule has 0 spiro atoms. The minimum Gasteiger partial charge on any atom is -0.508 e. The first-order valence-corrected chi connectivity index (χ1v) is 5.45. The maximum absolute atomic E-state index is 11.0. The Morgan fingerprint density at radius 3 is 3.00 bits per heavy atom. The lowest BCUT2D eigenvalue weighted by Crippen LogP contribution is -2.27. The van der Waals surface area contributed by atoms with E-state index in [1.807, 2.05) is 12.1 Å². The summed E-state index contributed by atoms with van der Waals surface area (Å²) in [6, 6.07) is 7.20. The molecule has 4 heteroatoms. The number of likely N-dealkylation sites (tertiary alicyclic amines) is 1. The summed E-state index contributed by atoms with van der Waals surface area (Å²) < 4.78 is 0. The van der Waals surface area contributed by atoms with Crippen molar-refractivity contribution in [1.82, 2.24) is 4.90 Å². The average Bonchev–Trinajstić information content (AvgIpc) is 2.66. The van der Waals surface area contributed by atoms with Gasteiger partial charge in [-0.15, -0.1) is 0 Å². The van der Waals surface area contributed by atoms with Crippen molar-refractivity contribution in [3.05, 3.63) is 29.8 Å². The molecule has 2 rings (SSSR count). The van der Waals surface area contributed by atoms with E-state index in [0.29, 0.717) is 0 Å². The van der Waals surface area contributed by atoms with E-state index >= 15 is 0 Å². The van der Waals surface area contributed by atoms with Gasteiger partial charge in [-0.1, -0.05) is 12.1 Å². The highest BCUT2D eigenvalue weighted by atomic mass is 16.3. The van der Waals surface area contributed by atoms with Crippen LogP contribution in [0.1, 0.15) is 12.0 Å². The van der Waals surface area contributed by atoms with Crippen molar-refractivity contribution in [3.63, 3.8) is 0 Å². The monoisotopic (exact) mass is 220 g/mol. The van der Waals surface area contributed by atoms with Gasteiger partial charge >= 0.3 is 0 Å². The summed E-state index contributed by atoms with van der Waals surface area (Å²) in [4.78, 5) is 13.2. The molecule has 1 saturated heterocycles. The van der Waals surface area contributed by atoms with E-state index in [9.17, 15) is 9.90 Å². The van der Waals surface area contributed by atoms with Gasteiger partial charge in [-0.2, -0.15) is 0 Å². The molecule has 0 aromatic heterocycles. The van der Waals surface area contributed by atoms with Crippen molar-refractivity contribution in [2.45, 2.75) is 13.0 Å². The van der Waals surface area contributed by atoms with Crippen molar-refractivity contribution >= 4 is 5.91 Å². The maximum atomic E-state index is 11.0. The number of carbonyl (C=O) groups is 1. The van der Waals surface area contributed by atoms with Crippen LogP contribution >= 0.6 is 0 Å². The van der Waals surface area contributed by atoms with E-state index in [4.69, 9.17) is 5.73 Å². The lowest BCUT2D eigenvalue weighted by atomic mass is 10.1. The molecule has 0 saturated carbocycles. The summed E-state index contributed by atoms with van der Waals surface area (Å²) in [6.07, 6.45) is 0.841. The number of carbonyl (C=O) groups excluding carboxylic acids is 1. The van der Waals surface area contributed by atoms with Crippen LogP contribution in [0.15, 0.2) is 24.3 Å². The Morgan fingerprint density at radius 2 is 2.38 bits per heavy atom. The van der Waals surface area contributed by atoms with Crippen LogP contribution in [0, 0.1) is 5.92 Å². The first kappa shape index (κ1) is 11.0. The van der Waals surface area contributed by atoms with Gasteiger partial charge in [-0.05, 0) is 30.7 Å². The second kappa shape index (κ2) is 4.53. The normalized spacial score (nSPS) is 21.1. The third-order valence-electron chi connectivity index (χ3n) is 2.99. The van der Waals surface area contributed by atoms with Crippen LogP contribution in [0.2, 0.25) is 0 Å². The molecular weight excluding hydrogens is 204 g/mol. The number of hydrogen-bond acceptors (Lipinski definition) is 3. The third kappa shape index (κ3) is 2.52. The largest absolute Gasteiger partial charge is 0.508 e. The summed E-state index contributed by atoms with van der Waals surface area (Å²) in [7, 11) is 0. The zero-order valence-electron chi connectivity index (χ0n) is 9.10. The Bertz CT molecular complexity index is 392. The van der Waals surface area contributed by atoms with Crippen LogP contribution in [-0.2, 0) is 11.3 Å². The van der Waals surface area contributed by atoms with Gasteiger partial charge in [0.15, 0.2) is 0 Å². The number of nitrogens with zero attached hydrogens (tertiary/aromatic N) is 1. The highest BCUT2D eigenvalue weighted by Gasteiger charge is 2.26. The second-order valence-electron chi connectivity index (χ2n) is 4.29. The molecule has 16 heavy (non-hydrogen) atoms. The molecule has 0 radical (unpaired) electrons. The number of benzene rings is 1. The highest BCUT2D eigenvalue weighted by Crippen LogP contribution is 2.19. The number of primary amides is 1. The molecule has 1 atom stereocenters. The van der Waals surface area contributed by atoms with Crippen LogP contribution in [0.4, 0.5) is 0 Å². The van der Waals surface area contributed by atoms with Crippen LogP contribution in [0.3, 0.4) is 0 Å². The summed E-state index contributed by atoms with van der Waals surface area (Å²) in [5.74, 6) is 0.0545. The molecule has 0 bridgehead atoms. The Hall–Kier alpha value is -1.55. The van der Waals surface area contributed by atoms with Gasteiger partial charge in [0.2, 0.25) is 5.91 Å². The SMILES string of the molecule is NC(=O)C1CCN(Cc2cccc(O)c2)C1. The Balaban J connectivity index is 1.94. The number of phenols is 1. The number of amides is 1. The fourth-order valence-electron chi connectivity index (χ4n) is 2.12. The standard InChI is InChI=1S/C12H16N2O2/c13-12(16)10-4-5-14(8-10)7-9-2-1-3-11(15)6-9/h1-3,6,10,15H,4-5,7-8H2,(H2,13,16). The third-order valence-corrected chi connectivity index (χ3v) is 2.99. The molecule has 1 amide bonds. The Labute approximate surface area is 94.7 Å². The van der Waals surface area contributed by atoms with Crippen molar-refractivity contribution < 1.29 is 9.90 Å². The van der Waals surface area contributed by atoms with E-state index in [1.54, 1.807) is 12.1 Å². The molecule has 3 N–H and O–H groups in total. The van der Waals surface area contributed by atoms with Gasteiger partial charge < -0.3 is 10.8 Å². The van der Waals surface area contributed by atoms with Gasteiger partial charge in [-0.25, -0.2) is 0 Å². The summed E-state index contributed by atoms with van der Waals surface area (Å²) in [5.41, 5.74) is 6.33. The zero-order chi connectivity index (χ0) is 11.5. The molecule has 1 aliphatic rings. The predicted molar refractivity (Wildman–Crippen MR) is 60.7 cm³/mol. The summed E-state index contributed by atoms with van der Waals surface area (Å²) in [6.45, 7) is 2.38. The summed E-state index contributed by atoms with van der Waals surface area (Å²) >= 11 is 0. The molecule has 4 nitrogen and oxygen atoms in total. The van der Waals surface area contributed by atoms with Crippen molar-refractivity contribution in [1.29, 1.82) is 0 Å². The molecule has 1 heterocycles. The van der Waals surface area contributed by atoms with E-state index < -0.39 is 0 Å². The fraction of sp³-hybridized carbons (Fsp3) is 0.417. The molecular formula is C12H16N2O2. The molecule has 86 valence electrons. The number of hydrogen-bond donors (Lipinski definition) is 2. The molecule has 1 unspecified atom stereocenters. The van der Waals surface area contributed by atoms with Gasteiger partial charge in [0.1, 0.15) is 5.75 Å². The van der Waals surface area contributed by atoms with Gasteiger partial charge in [0.25, 0.3) is 0 Å². The number of rotatable bonds is 3. The van der Waals surface area contributed by atoms with Gasteiger partial charge in [0.05, 0.1) is 5.92 Å². The van der Waals surface area contributed by atoms with E-state index in [1.165, 1.54) is 0 Å². The molecule has 0 aliphatic carbocycles. The van der Waals surface area contributed by atoms with Crippen LogP contribution in [-0.4, -0.2) is 29.0 Å². The number of phenolic OH excluding ortho intramolecular Hbond substituents is 1. The van der Waals surface area contributed by atoms with E-state index in [2.05, 4.69) is 4.90 Å². The van der Waals surface area contributed by atoms with Crippen molar-refractivity contribution in [2.75, 3.05) is 13.1 Å². The Kier molecular flexibility index (Phi) is 3.10. The van der Waals surface area contributed by atoms with Crippen molar-refractivity contribution in [2.24, 2.45) is 11.7 Å². The lowest BCUT2D eigenvalue weighted by Gasteiger charge is -2.15. The zero-order valence-corrected chi connectivity index (χ0v) is 9.10. The maximum Gasteiger partial charge on any atom is 0.221 e. The predicted octanol–water partition coefficient (Wildman–Crippen LogP) is 0.699. The average molecular weight is 220 g/mol. The quantitative estimate of drug-likeness (QED) is 0.788. The minimum atomic E-state index is -0.210. The smallest absolute Gasteiger partial charge is 0.221 e. The topological polar surface area (TPSA) is 66.6 Å². The molecule has 1 aliphatic heterocycles. The van der Waals surface area contributed by atoms with Gasteiger partial charge in [-0.3, -0.25) is 9.69 Å². The molecule has 1 aromatic carbocycles. The minimum absolute atomic E-state index is 0.0164. The molecule has 1 aromatic rings. The summed E-state index contributed by atoms with van der Waals surface area (Å²) in [5, 5.41) is 9.33. The fourth-order valence-corrected chi connectivity index (χ4v) is 2.12. The second-order valence-corrected chi connectivity index (χ2v) is 4.29. The Morgan fingerprint density at radius 1 is 1.56 bits per heavy atom. The number of aromatic hydroxyl groups is 1. The van der Waals surface area contributed by atoms with Crippen molar-refractivity contribution in [3.8, 4) is 5.75 Å².